The minimum absolute atomic E-state index is 0.0377. The molecule has 114 valence electrons. The van der Waals surface area contributed by atoms with Gasteiger partial charge in [0.05, 0.1) is 13.2 Å². The van der Waals surface area contributed by atoms with Crippen LogP contribution in [0.3, 0.4) is 0 Å². The number of benzene rings is 1. The van der Waals surface area contributed by atoms with Crippen LogP contribution in [0.15, 0.2) is 43.0 Å². The summed E-state index contributed by atoms with van der Waals surface area (Å²) < 4.78 is 18.2. The van der Waals surface area contributed by atoms with Crippen LogP contribution < -0.4 is 0 Å². The van der Waals surface area contributed by atoms with E-state index in [1.165, 1.54) is 19.3 Å². The highest BCUT2D eigenvalue weighted by molar-refractivity contribution is 5.13. The second-order valence-corrected chi connectivity index (χ2v) is 5.94. The molecule has 1 saturated carbocycles. The van der Waals surface area contributed by atoms with Crippen LogP contribution in [0.1, 0.15) is 37.7 Å². The topological polar surface area (TPSA) is 27.7 Å². The van der Waals surface area contributed by atoms with Crippen molar-refractivity contribution in [2.24, 2.45) is 0 Å². The molecule has 1 aromatic carbocycles. The third kappa shape index (κ3) is 3.54. The van der Waals surface area contributed by atoms with Crippen molar-refractivity contribution >= 4 is 0 Å². The van der Waals surface area contributed by atoms with Crippen molar-refractivity contribution in [2.75, 3.05) is 6.61 Å². The molecule has 0 unspecified atom stereocenters. The summed E-state index contributed by atoms with van der Waals surface area (Å²) in [4.78, 5) is 0. The maximum absolute atomic E-state index is 6.21. The van der Waals surface area contributed by atoms with Crippen LogP contribution in [0.2, 0.25) is 0 Å². The molecule has 3 nitrogen and oxygen atoms in total. The van der Waals surface area contributed by atoms with Gasteiger partial charge in [-0.1, -0.05) is 42.8 Å². The van der Waals surface area contributed by atoms with Crippen molar-refractivity contribution in [1.82, 2.24) is 0 Å². The molecule has 1 aliphatic carbocycles. The Balaban J connectivity index is 1.55. The van der Waals surface area contributed by atoms with Gasteiger partial charge in [0, 0.05) is 12.8 Å². The standard InChI is InChI=1S/C18H24O3/c1-2-16(19-13-15-9-5-3-6-10-15)17-14-20-18(21-17)11-7-4-8-12-18/h2-3,5-6,9-10,16-17H,1,4,7-8,11-14H2/t16-,17+/m1/s1. The lowest BCUT2D eigenvalue weighted by Gasteiger charge is -2.32. The maximum Gasteiger partial charge on any atom is 0.169 e. The first kappa shape index (κ1) is 14.8. The molecule has 0 bridgehead atoms. The molecule has 1 saturated heterocycles. The quantitative estimate of drug-likeness (QED) is 0.771. The molecule has 1 heterocycles. The largest absolute Gasteiger partial charge is 0.367 e. The molecule has 2 fully saturated rings. The van der Waals surface area contributed by atoms with Crippen molar-refractivity contribution in [3.63, 3.8) is 0 Å². The molecule has 1 aliphatic heterocycles. The summed E-state index contributed by atoms with van der Waals surface area (Å²) in [7, 11) is 0. The lowest BCUT2D eigenvalue weighted by molar-refractivity contribution is -0.196. The smallest absolute Gasteiger partial charge is 0.169 e. The van der Waals surface area contributed by atoms with Gasteiger partial charge in [-0.2, -0.15) is 0 Å². The Morgan fingerprint density at radius 2 is 2.00 bits per heavy atom. The average molecular weight is 288 g/mol. The van der Waals surface area contributed by atoms with Crippen molar-refractivity contribution in [1.29, 1.82) is 0 Å². The summed E-state index contributed by atoms with van der Waals surface area (Å²) in [5.74, 6) is -0.347. The first-order valence-corrected chi connectivity index (χ1v) is 7.91. The molecule has 2 aliphatic rings. The fourth-order valence-electron chi connectivity index (χ4n) is 3.19. The van der Waals surface area contributed by atoms with E-state index in [0.717, 1.165) is 18.4 Å². The van der Waals surface area contributed by atoms with Gasteiger partial charge in [0.2, 0.25) is 0 Å². The van der Waals surface area contributed by atoms with E-state index < -0.39 is 0 Å². The van der Waals surface area contributed by atoms with E-state index in [0.29, 0.717) is 13.2 Å². The summed E-state index contributed by atoms with van der Waals surface area (Å²) in [5.41, 5.74) is 1.16. The molecule has 3 heteroatoms. The summed E-state index contributed by atoms with van der Waals surface area (Å²) in [5, 5.41) is 0. The van der Waals surface area contributed by atoms with Crippen LogP contribution in [-0.4, -0.2) is 24.6 Å². The number of hydrogen-bond acceptors (Lipinski definition) is 3. The van der Waals surface area contributed by atoms with Crippen molar-refractivity contribution in [3.8, 4) is 0 Å². The van der Waals surface area contributed by atoms with Crippen LogP contribution in [0.4, 0.5) is 0 Å². The van der Waals surface area contributed by atoms with Crippen LogP contribution in [-0.2, 0) is 20.8 Å². The van der Waals surface area contributed by atoms with E-state index in [1.54, 1.807) is 0 Å². The Kier molecular flexibility index (Phi) is 4.73. The van der Waals surface area contributed by atoms with E-state index in [1.807, 2.05) is 24.3 Å². The fraction of sp³-hybridized carbons (Fsp3) is 0.556. The normalized spacial score (nSPS) is 25.8. The lowest BCUT2D eigenvalue weighted by Crippen LogP contribution is -2.36. The predicted octanol–water partition coefficient (Wildman–Crippen LogP) is 3.83. The van der Waals surface area contributed by atoms with Crippen molar-refractivity contribution in [3.05, 3.63) is 48.6 Å². The minimum Gasteiger partial charge on any atom is -0.367 e. The van der Waals surface area contributed by atoms with Gasteiger partial charge in [-0.15, -0.1) is 6.58 Å². The summed E-state index contributed by atoms with van der Waals surface area (Å²) in [6.07, 6.45) is 7.36. The second kappa shape index (κ2) is 6.73. The van der Waals surface area contributed by atoms with Crippen LogP contribution in [0, 0.1) is 0 Å². The third-order valence-corrected chi connectivity index (χ3v) is 4.38. The lowest BCUT2D eigenvalue weighted by atomic mass is 9.94. The predicted molar refractivity (Wildman–Crippen MR) is 81.9 cm³/mol. The summed E-state index contributed by atoms with van der Waals surface area (Å²) >= 11 is 0. The van der Waals surface area contributed by atoms with Crippen molar-refractivity contribution < 1.29 is 14.2 Å². The van der Waals surface area contributed by atoms with Gasteiger partial charge in [-0.3, -0.25) is 0 Å². The molecule has 3 rings (SSSR count). The Bertz CT molecular complexity index is 451. The first-order valence-electron chi connectivity index (χ1n) is 7.91. The minimum atomic E-state index is -0.347. The van der Waals surface area contributed by atoms with Gasteiger partial charge < -0.3 is 14.2 Å². The molecule has 0 radical (unpaired) electrons. The zero-order chi connectivity index (χ0) is 14.5. The first-order chi connectivity index (χ1) is 10.3. The third-order valence-electron chi connectivity index (χ3n) is 4.38. The number of rotatable bonds is 5. The highest BCUT2D eigenvalue weighted by Gasteiger charge is 2.44. The molecule has 0 amide bonds. The van der Waals surface area contributed by atoms with E-state index in [4.69, 9.17) is 14.2 Å². The molecular formula is C18H24O3. The SMILES string of the molecule is C=C[C@@H](OCc1ccccc1)[C@@H]1COC2(CCCCC2)O1. The van der Waals surface area contributed by atoms with Gasteiger partial charge in [0.15, 0.2) is 5.79 Å². The monoisotopic (exact) mass is 288 g/mol. The highest BCUT2D eigenvalue weighted by atomic mass is 16.8. The Morgan fingerprint density at radius 3 is 2.71 bits per heavy atom. The summed E-state index contributed by atoms with van der Waals surface area (Å²) in [6, 6.07) is 10.2. The highest BCUT2D eigenvalue weighted by Crippen LogP contribution is 2.38. The van der Waals surface area contributed by atoms with Gasteiger partial charge in [0.1, 0.15) is 12.2 Å². The zero-order valence-corrected chi connectivity index (χ0v) is 12.5. The van der Waals surface area contributed by atoms with E-state index in [9.17, 15) is 0 Å². The molecule has 21 heavy (non-hydrogen) atoms. The van der Waals surface area contributed by atoms with Gasteiger partial charge >= 0.3 is 0 Å². The second-order valence-electron chi connectivity index (χ2n) is 5.94. The summed E-state index contributed by atoms with van der Waals surface area (Å²) in [6.45, 7) is 5.07. The van der Waals surface area contributed by atoms with Crippen LogP contribution >= 0.6 is 0 Å². The molecular weight excluding hydrogens is 264 g/mol. The fourth-order valence-corrected chi connectivity index (χ4v) is 3.19. The number of hydrogen-bond donors (Lipinski definition) is 0. The molecule has 1 aromatic rings. The molecule has 1 spiro atoms. The average Bonchev–Trinajstić information content (AvgIpc) is 2.93. The Hall–Kier alpha value is -1.16. The van der Waals surface area contributed by atoms with Gasteiger partial charge in [-0.25, -0.2) is 0 Å². The van der Waals surface area contributed by atoms with Crippen LogP contribution in [0.5, 0.6) is 0 Å². The van der Waals surface area contributed by atoms with Gasteiger partial charge in [0.25, 0.3) is 0 Å². The van der Waals surface area contributed by atoms with E-state index >= 15 is 0 Å². The number of ether oxygens (including phenoxy) is 3. The molecule has 0 N–H and O–H groups in total. The van der Waals surface area contributed by atoms with Gasteiger partial charge in [-0.05, 0) is 18.4 Å². The molecule has 2 atom stereocenters. The Morgan fingerprint density at radius 1 is 1.24 bits per heavy atom. The Labute approximate surface area is 126 Å². The van der Waals surface area contributed by atoms with Crippen LogP contribution in [0.25, 0.3) is 0 Å². The van der Waals surface area contributed by atoms with E-state index in [-0.39, 0.29) is 18.0 Å². The maximum atomic E-state index is 6.21. The van der Waals surface area contributed by atoms with Crippen molar-refractivity contribution in [2.45, 2.75) is 56.7 Å². The van der Waals surface area contributed by atoms with E-state index in [2.05, 4.69) is 18.7 Å². The zero-order valence-electron chi connectivity index (χ0n) is 12.5. The molecule has 0 aromatic heterocycles.